The lowest BCUT2D eigenvalue weighted by Gasteiger charge is -2.13. The fraction of sp³-hybridized carbons (Fsp3) is 0.538. The highest BCUT2D eigenvalue weighted by molar-refractivity contribution is 5.50. The van der Waals surface area contributed by atoms with E-state index in [1.165, 1.54) is 0 Å². The van der Waals surface area contributed by atoms with E-state index in [1.54, 1.807) is 7.11 Å². The molecule has 0 unspecified atom stereocenters. The molecule has 0 amide bonds. The molecular formula is C13H21NO2. The molecule has 1 rings (SSSR count). The minimum Gasteiger partial charge on any atom is -0.497 e. The van der Waals surface area contributed by atoms with Gasteiger partial charge in [0.25, 0.3) is 0 Å². The van der Waals surface area contributed by atoms with E-state index in [9.17, 15) is 0 Å². The number of methoxy groups -OCH3 is 1. The largest absolute Gasteiger partial charge is 0.497 e. The molecule has 16 heavy (non-hydrogen) atoms. The zero-order valence-corrected chi connectivity index (χ0v) is 10.3. The van der Waals surface area contributed by atoms with E-state index in [-0.39, 0.29) is 6.10 Å². The van der Waals surface area contributed by atoms with Crippen LogP contribution in [0.1, 0.15) is 32.3 Å². The predicted octanol–water partition coefficient (Wildman–Crippen LogP) is 2.98. The molecule has 0 aliphatic carbocycles. The van der Waals surface area contributed by atoms with Crippen LogP contribution in [-0.4, -0.2) is 13.2 Å². The summed E-state index contributed by atoms with van der Waals surface area (Å²) in [5.41, 5.74) is 7.61. The van der Waals surface area contributed by atoms with Crippen molar-refractivity contribution in [3.63, 3.8) is 0 Å². The normalized spacial score (nSPS) is 12.4. The first-order valence-corrected chi connectivity index (χ1v) is 5.71. The zero-order valence-electron chi connectivity index (χ0n) is 10.3. The minimum atomic E-state index is 0.274. The van der Waals surface area contributed by atoms with Gasteiger partial charge in [0.2, 0.25) is 0 Å². The molecule has 0 aliphatic rings. The maximum Gasteiger partial charge on any atom is 0.119 e. The Morgan fingerprint density at radius 2 is 2.12 bits per heavy atom. The van der Waals surface area contributed by atoms with Gasteiger partial charge in [0.15, 0.2) is 0 Å². The van der Waals surface area contributed by atoms with Crippen molar-refractivity contribution in [1.82, 2.24) is 0 Å². The summed E-state index contributed by atoms with van der Waals surface area (Å²) in [5.74, 6) is 0.816. The number of benzene rings is 1. The molecule has 0 saturated heterocycles. The monoisotopic (exact) mass is 223 g/mol. The van der Waals surface area contributed by atoms with Crippen LogP contribution in [0.4, 0.5) is 5.69 Å². The lowest BCUT2D eigenvalue weighted by molar-refractivity contribution is 0.0474. The molecule has 0 heterocycles. The maximum atomic E-state index is 5.87. The van der Waals surface area contributed by atoms with Crippen LogP contribution in [0.15, 0.2) is 18.2 Å². The van der Waals surface area contributed by atoms with E-state index in [0.717, 1.165) is 29.8 Å². The third-order valence-corrected chi connectivity index (χ3v) is 2.57. The molecule has 1 aromatic rings. The summed E-state index contributed by atoms with van der Waals surface area (Å²) in [5, 5.41) is 0. The van der Waals surface area contributed by atoms with Crippen LogP contribution in [0.2, 0.25) is 0 Å². The first-order chi connectivity index (χ1) is 7.67. The Hall–Kier alpha value is -1.22. The second-order valence-corrected chi connectivity index (χ2v) is 3.98. The Bertz CT molecular complexity index is 326. The Balaban J connectivity index is 2.58. The molecule has 0 aliphatic heterocycles. The van der Waals surface area contributed by atoms with Crippen molar-refractivity contribution in [2.75, 3.05) is 12.8 Å². The quantitative estimate of drug-likeness (QED) is 0.754. The lowest BCUT2D eigenvalue weighted by Crippen LogP contribution is -2.08. The number of ether oxygens (including phenoxy) is 2. The van der Waals surface area contributed by atoms with Crippen molar-refractivity contribution in [3.8, 4) is 5.75 Å². The molecule has 90 valence electrons. The first-order valence-electron chi connectivity index (χ1n) is 5.71. The summed E-state index contributed by atoms with van der Waals surface area (Å²) in [4.78, 5) is 0. The average Bonchev–Trinajstić information content (AvgIpc) is 2.28. The van der Waals surface area contributed by atoms with E-state index in [2.05, 4.69) is 13.8 Å². The second-order valence-electron chi connectivity index (χ2n) is 3.98. The highest BCUT2D eigenvalue weighted by Crippen LogP contribution is 2.20. The molecule has 0 saturated carbocycles. The summed E-state index contributed by atoms with van der Waals surface area (Å²) in [6.45, 7) is 4.78. The average molecular weight is 223 g/mol. The van der Waals surface area contributed by atoms with Crippen molar-refractivity contribution >= 4 is 5.69 Å². The smallest absolute Gasteiger partial charge is 0.119 e. The first kappa shape index (κ1) is 12.8. The molecular weight excluding hydrogens is 202 g/mol. The standard InChI is InChI=1S/C13H21NO2/c1-4-5-10(2)16-9-11-8-12(15-3)6-7-13(11)14/h6-8,10H,4-5,9,14H2,1-3H3/t10-/m1/s1. The van der Waals surface area contributed by atoms with Crippen LogP contribution in [0.3, 0.4) is 0 Å². The minimum absolute atomic E-state index is 0.274. The summed E-state index contributed by atoms with van der Waals surface area (Å²) < 4.78 is 10.9. The highest BCUT2D eigenvalue weighted by atomic mass is 16.5. The molecule has 3 heteroatoms. The molecule has 3 nitrogen and oxygen atoms in total. The molecule has 1 atom stereocenters. The van der Waals surface area contributed by atoms with Crippen LogP contribution in [0.5, 0.6) is 5.75 Å². The maximum absolute atomic E-state index is 5.87. The third kappa shape index (κ3) is 3.74. The molecule has 1 aromatic carbocycles. The fourth-order valence-electron chi connectivity index (χ4n) is 1.56. The van der Waals surface area contributed by atoms with Gasteiger partial charge in [-0.1, -0.05) is 13.3 Å². The summed E-state index contributed by atoms with van der Waals surface area (Å²) in [6.07, 6.45) is 2.48. The van der Waals surface area contributed by atoms with E-state index >= 15 is 0 Å². The number of hydrogen-bond acceptors (Lipinski definition) is 3. The van der Waals surface area contributed by atoms with Crippen LogP contribution in [0, 0.1) is 0 Å². The summed E-state index contributed by atoms with van der Waals surface area (Å²) in [7, 11) is 1.65. The van der Waals surface area contributed by atoms with Gasteiger partial charge in [0, 0.05) is 11.3 Å². The Kier molecular flexibility index (Phi) is 5.12. The third-order valence-electron chi connectivity index (χ3n) is 2.57. The Morgan fingerprint density at radius 3 is 2.75 bits per heavy atom. The van der Waals surface area contributed by atoms with Gasteiger partial charge in [-0.3, -0.25) is 0 Å². The number of anilines is 1. The SMILES string of the molecule is CCC[C@@H](C)OCc1cc(OC)ccc1N. The van der Waals surface area contributed by atoms with E-state index in [0.29, 0.717) is 6.61 Å². The fourth-order valence-corrected chi connectivity index (χ4v) is 1.56. The van der Waals surface area contributed by atoms with Crippen molar-refractivity contribution in [3.05, 3.63) is 23.8 Å². The van der Waals surface area contributed by atoms with Gasteiger partial charge < -0.3 is 15.2 Å². The number of rotatable bonds is 6. The van der Waals surface area contributed by atoms with Crippen molar-refractivity contribution in [2.24, 2.45) is 0 Å². The Morgan fingerprint density at radius 1 is 1.38 bits per heavy atom. The second kappa shape index (κ2) is 6.38. The van der Waals surface area contributed by atoms with Crippen molar-refractivity contribution in [2.45, 2.75) is 39.4 Å². The predicted molar refractivity (Wildman–Crippen MR) is 66.6 cm³/mol. The van der Waals surface area contributed by atoms with Gasteiger partial charge in [0.05, 0.1) is 19.8 Å². The van der Waals surface area contributed by atoms with Gasteiger partial charge >= 0.3 is 0 Å². The zero-order chi connectivity index (χ0) is 12.0. The molecule has 2 N–H and O–H groups in total. The van der Waals surface area contributed by atoms with Crippen molar-refractivity contribution < 1.29 is 9.47 Å². The van der Waals surface area contributed by atoms with Crippen LogP contribution < -0.4 is 10.5 Å². The summed E-state index contributed by atoms with van der Waals surface area (Å²) >= 11 is 0. The number of nitrogen functional groups attached to an aromatic ring is 1. The molecule has 0 bridgehead atoms. The highest BCUT2D eigenvalue weighted by Gasteiger charge is 2.05. The van der Waals surface area contributed by atoms with Gasteiger partial charge in [-0.05, 0) is 31.5 Å². The van der Waals surface area contributed by atoms with Gasteiger partial charge in [0.1, 0.15) is 5.75 Å². The van der Waals surface area contributed by atoms with Gasteiger partial charge in [-0.25, -0.2) is 0 Å². The van der Waals surface area contributed by atoms with Gasteiger partial charge in [-0.2, -0.15) is 0 Å². The summed E-state index contributed by atoms with van der Waals surface area (Å²) in [6, 6.07) is 5.63. The van der Waals surface area contributed by atoms with Crippen LogP contribution >= 0.6 is 0 Å². The van der Waals surface area contributed by atoms with E-state index < -0.39 is 0 Å². The molecule has 0 fully saturated rings. The molecule has 0 radical (unpaired) electrons. The molecule has 0 aromatic heterocycles. The van der Waals surface area contributed by atoms with E-state index in [4.69, 9.17) is 15.2 Å². The number of nitrogens with two attached hydrogens (primary N) is 1. The molecule has 0 spiro atoms. The van der Waals surface area contributed by atoms with Crippen LogP contribution in [-0.2, 0) is 11.3 Å². The van der Waals surface area contributed by atoms with Crippen LogP contribution in [0.25, 0.3) is 0 Å². The van der Waals surface area contributed by atoms with Gasteiger partial charge in [-0.15, -0.1) is 0 Å². The van der Waals surface area contributed by atoms with E-state index in [1.807, 2.05) is 18.2 Å². The van der Waals surface area contributed by atoms with Crippen molar-refractivity contribution in [1.29, 1.82) is 0 Å². The lowest BCUT2D eigenvalue weighted by atomic mass is 10.2. The number of hydrogen-bond donors (Lipinski definition) is 1. The Labute approximate surface area is 97.6 Å². The topological polar surface area (TPSA) is 44.5 Å².